The minimum absolute atomic E-state index is 0.172. The number of fused-ring (bicyclic) bond motifs is 1. The number of hydrogen-bond acceptors (Lipinski definition) is 3. The molecule has 2 unspecified atom stereocenters. The molecule has 1 aliphatic rings. The Morgan fingerprint density at radius 3 is 2.80 bits per heavy atom. The Bertz CT molecular complexity index is 514. The van der Waals surface area contributed by atoms with Crippen molar-refractivity contribution in [3.8, 4) is 5.75 Å². The molecule has 0 bridgehead atoms. The second-order valence-corrected chi connectivity index (χ2v) is 5.03. The van der Waals surface area contributed by atoms with Gasteiger partial charge in [0.05, 0.1) is 5.92 Å². The van der Waals surface area contributed by atoms with Crippen molar-refractivity contribution < 1.29 is 19.4 Å². The lowest BCUT2D eigenvalue weighted by atomic mass is 9.95. The third-order valence-corrected chi connectivity index (χ3v) is 3.72. The Morgan fingerprint density at radius 2 is 2.15 bits per heavy atom. The van der Waals surface area contributed by atoms with E-state index in [0.717, 1.165) is 11.3 Å². The van der Waals surface area contributed by atoms with Gasteiger partial charge in [-0.25, -0.2) is 4.79 Å². The van der Waals surface area contributed by atoms with Gasteiger partial charge in [-0.05, 0) is 24.5 Å². The van der Waals surface area contributed by atoms with Crippen LogP contribution in [0.4, 0.5) is 0 Å². The molecule has 1 aliphatic heterocycles. The first-order chi connectivity index (χ1) is 9.54. The number of carbonyl (C=O) groups is 2. The van der Waals surface area contributed by atoms with Gasteiger partial charge in [0.25, 0.3) is 0 Å². The molecule has 1 heterocycles. The van der Waals surface area contributed by atoms with Crippen LogP contribution in [0.2, 0.25) is 0 Å². The Hall–Kier alpha value is -2.04. The van der Waals surface area contributed by atoms with E-state index < -0.39 is 12.0 Å². The van der Waals surface area contributed by atoms with Gasteiger partial charge in [-0.3, -0.25) is 4.79 Å². The Morgan fingerprint density at radius 1 is 1.45 bits per heavy atom. The van der Waals surface area contributed by atoms with E-state index in [-0.39, 0.29) is 11.8 Å². The summed E-state index contributed by atoms with van der Waals surface area (Å²) >= 11 is 0. The second-order valence-electron chi connectivity index (χ2n) is 5.03. The molecule has 1 amide bonds. The summed E-state index contributed by atoms with van der Waals surface area (Å²) in [6, 6.07) is 6.84. The highest BCUT2D eigenvalue weighted by Crippen LogP contribution is 2.27. The molecule has 5 heteroatoms. The number of carbonyl (C=O) groups excluding carboxylic acids is 1. The predicted molar refractivity (Wildman–Crippen MR) is 73.6 cm³/mol. The molecule has 20 heavy (non-hydrogen) atoms. The number of carboxylic acid groups (broad SMARTS) is 1. The zero-order valence-electron chi connectivity index (χ0n) is 11.7. The molecule has 2 rings (SSSR count). The van der Waals surface area contributed by atoms with E-state index >= 15 is 0 Å². The van der Waals surface area contributed by atoms with Crippen LogP contribution in [0.5, 0.6) is 5.75 Å². The summed E-state index contributed by atoms with van der Waals surface area (Å²) < 4.78 is 5.59. The minimum atomic E-state index is -0.972. The monoisotopic (exact) mass is 277 g/mol. The normalized spacial score (nSPS) is 18.6. The smallest absolute Gasteiger partial charge is 0.326 e. The topological polar surface area (TPSA) is 66.8 Å². The van der Waals surface area contributed by atoms with Crippen molar-refractivity contribution in [2.75, 3.05) is 13.7 Å². The number of carboxylic acids is 1. The van der Waals surface area contributed by atoms with E-state index in [2.05, 4.69) is 0 Å². The fraction of sp³-hybridized carbons (Fsp3) is 0.467. The Kier molecular flexibility index (Phi) is 4.27. The molecule has 0 spiro atoms. The van der Waals surface area contributed by atoms with Crippen LogP contribution < -0.4 is 4.74 Å². The zero-order valence-corrected chi connectivity index (χ0v) is 11.7. The molecule has 2 atom stereocenters. The van der Waals surface area contributed by atoms with Crippen molar-refractivity contribution in [2.45, 2.75) is 25.8 Å². The van der Waals surface area contributed by atoms with Crippen molar-refractivity contribution in [3.63, 3.8) is 0 Å². The molecule has 1 aromatic carbocycles. The van der Waals surface area contributed by atoms with Crippen molar-refractivity contribution in [1.82, 2.24) is 4.90 Å². The molecule has 1 N–H and O–H groups in total. The van der Waals surface area contributed by atoms with Gasteiger partial charge in [-0.1, -0.05) is 25.1 Å². The number of ether oxygens (including phenoxy) is 1. The van der Waals surface area contributed by atoms with Gasteiger partial charge in [0, 0.05) is 7.05 Å². The van der Waals surface area contributed by atoms with E-state index in [1.165, 1.54) is 4.90 Å². The quantitative estimate of drug-likeness (QED) is 0.907. The third-order valence-electron chi connectivity index (χ3n) is 3.72. The summed E-state index contributed by atoms with van der Waals surface area (Å²) in [5, 5.41) is 9.12. The molecular weight excluding hydrogens is 258 g/mol. The predicted octanol–water partition coefficient (Wildman–Crippen LogP) is 1.56. The molecule has 108 valence electrons. The van der Waals surface area contributed by atoms with E-state index in [1.54, 1.807) is 14.0 Å². The number of nitrogens with zero attached hydrogens (tertiary/aromatic N) is 1. The molecule has 0 aromatic heterocycles. The zero-order chi connectivity index (χ0) is 14.7. The number of hydrogen-bond donors (Lipinski definition) is 1. The first kappa shape index (κ1) is 14.4. The van der Waals surface area contributed by atoms with Crippen LogP contribution in [-0.2, 0) is 16.0 Å². The minimum Gasteiger partial charge on any atom is -0.492 e. The van der Waals surface area contributed by atoms with Crippen molar-refractivity contribution in [1.29, 1.82) is 0 Å². The first-order valence-electron chi connectivity index (χ1n) is 6.74. The molecular formula is C15H19NO4. The third kappa shape index (κ3) is 2.76. The maximum atomic E-state index is 12.4. The van der Waals surface area contributed by atoms with Gasteiger partial charge < -0.3 is 14.7 Å². The number of likely N-dealkylation sites (N-methyl/N-ethyl adjacent to an activating group) is 1. The standard InChI is InChI=1S/C15H19NO4/c1-3-12(15(18)19)16(2)14(17)11-8-10-6-4-5-7-13(10)20-9-11/h4-7,11-12H,3,8-9H2,1-2H3,(H,18,19). The van der Waals surface area contributed by atoms with E-state index in [9.17, 15) is 9.59 Å². The van der Waals surface area contributed by atoms with Crippen LogP contribution in [0.1, 0.15) is 18.9 Å². The summed E-state index contributed by atoms with van der Waals surface area (Å²) in [4.78, 5) is 24.9. The lowest BCUT2D eigenvalue weighted by Gasteiger charge is -2.30. The van der Waals surface area contributed by atoms with Gasteiger partial charge >= 0.3 is 5.97 Å². The van der Waals surface area contributed by atoms with Crippen LogP contribution in [0, 0.1) is 5.92 Å². The Balaban J connectivity index is 2.10. The molecule has 5 nitrogen and oxygen atoms in total. The molecule has 0 fully saturated rings. The highest BCUT2D eigenvalue weighted by Gasteiger charge is 2.32. The van der Waals surface area contributed by atoms with E-state index in [0.29, 0.717) is 19.4 Å². The van der Waals surface area contributed by atoms with Gasteiger partial charge in [0.1, 0.15) is 18.4 Å². The first-order valence-corrected chi connectivity index (χ1v) is 6.74. The molecule has 0 radical (unpaired) electrons. The van der Waals surface area contributed by atoms with Crippen LogP contribution in [-0.4, -0.2) is 41.6 Å². The van der Waals surface area contributed by atoms with E-state index in [1.807, 2.05) is 24.3 Å². The van der Waals surface area contributed by atoms with Gasteiger partial charge in [0.15, 0.2) is 0 Å². The number of para-hydroxylation sites is 1. The SMILES string of the molecule is CCC(C(=O)O)N(C)C(=O)C1COc2ccccc2C1. The second kappa shape index (κ2) is 5.94. The van der Waals surface area contributed by atoms with Crippen LogP contribution in [0.25, 0.3) is 0 Å². The molecule has 0 aliphatic carbocycles. The lowest BCUT2D eigenvalue weighted by Crippen LogP contribution is -2.47. The fourth-order valence-corrected chi connectivity index (χ4v) is 2.54. The largest absolute Gasteiger partial charge is 0.492 e. The lowest BCUT2D eigenvalue weighted by molar-refractivity contribution is -0.151. The van der Waals surface area contributed by atoms with Crippen LogP contribution in [0.3, 0.4) is 0 Å². The highest BCUT2D eigenvalue weighted by molar-refractivity contribution is 5.85. The Labute approximate surface area is 118 Å². The maximum Gasteiger partial charge on any atom is 0.326 e. The fourth-order valence-electron chi connectivity index (χ4n) is 2.54. The summed E-state index contributed by atoms with van der Waals surface area (Å²) in [5.74, 6) is -0.651. The molecule has 0 saturated heterocycles. The van der Waals surface area contributed by atoms with Crippen LogP contribution >= 0.6 is 0 Å². The van der Waals surface area contributed by atoms with Crippen molar-refractivity contribution in [3.05, 3.63) is 29.8 Å². The summed E-state index contributed by atoms with van der Waals surface area (Å²) in [6.07, 6.45) is 0.983. The van der Waals surface area contributed by atoms with Gasteiger partial charge in [-0.15, -0.1) is 0 Å². The maximum absolute atomic E-state index is 12.4. The number of aliphatic carboxylic acids is 1. The summed E-state index contributed by atoms with van der Waals surface area (Å²) in [5.41, 5.74) is 0.994. The summed E-state index contributed by atoms with van der Waals surface area (Å²) in [7, 11) is 1.55. The van der Waals surface area contributed by atoms with Crippen LogP contribution in [0.15, 0.2) is 24.3 Å². The van der Waals surface area contributed by atoms with Gasteiger partial charge in [-0.2, -0.15) is 0 Å². The number of rotatable bonds is 4. The highest BCUT2D eigenvalue weighted by atomic mass is 16.5. The number of amides is 1. The van der Waals surface area contributed by atoms with E-state index in [4.69, 9.17) is 9.84 Å². The summed E-state index contributed by atoms with van der Waals surface area (Å²) in [6.45, 7) is 2.06. The average molecular weight is 277 g/mol. The molecule has 0 saturated carbocycles. The van der Waals surface area contributed by atoms with Crippen molar-refractivity contribution >= 4 is 11.9 Å². The molecule has 1 aromatic rings. The van der Waals surface area contributed by atoms with Crippen molar-refractivity contribution in [2.24, 2.45) is 5.92 Å². The average Bonchev–Trinajstić information content (AvgIpc) is 2.46. The van der Waals surface area contributed by atoms with Gasteiger partial charge in [0.2, 0.25) is 5.91 Å². The number of benzene rings is 1.